The Bertz CT molecular complexity index is 1110. The zero-order valence-electron chi connectivity index (χ0n) is 41.4. The predicted molar refractivity (Wildman–Crippen MR) is 260 cm³/mol. The van der Waals surface area contributed by atoms with Crippen LogP contribution in [0.5, 0.6) is 0 Å². The number of unbranched alkanes of at least 4 members (excludes halogenated alkanes) is 36. The molecule has 0 bridgehead atoms. The number of carbonyl (C=O) groups excluding carboxylic acids is 4. The van der Waals surface area contributed by atoms with Gasteiger partial charge in [-0.25, -0.2) is 0 Å². The van der Waals surface area contributed by atoms with Crippen molar-refractivity contribution in [3.8, 4) is 0 Å². The Labute approximate surface area is 387 Å². The van der Waals surface area contributed by atoms with Gasteiger partial charge >= 0.3 is 0 Å². The third-order valence-electron chi connectivity index (χ3n) is 13.5. The maximum atomic E-state index is 14.1. The fraction of sp³-hybridized carbons (Fsp3) is 0.926. The maximum absolute atomic E-state index is 14.1. The largest absolute Gasteiger partial charge is 0.394 e. The molecule has 0 heterocycles. The van der Waals surface area contributed by atoms with Crippen molar-refractivity contribution >= 4 is 23.1 Å². The van der Waals surface area contributed by atoms with Gasteiger partial charge in [0.1, 0.15) is 12.2 Å². The molecular formula is C54H102O9. The molecule has 0 unspecified atom stereocenters. The highest BCUT2D eigenvalue weighted by Crippen LogP contribution is 2.35. The van der Waals surface area contributed by atoms with Gasteiger partial charge in [0.25, 0.3) is 0 Å². The van der Waals surface area contributed by atoms with Crippen LogP contribution >= 0.6 is 0 Å². The quantitative estimate of drug-likeness (QED) is 0.0227. The Morgan fingerprint density at radius 2 is 0.603 bits per heavy atom. The smallest absolute Gasteiger partial charge is 0.241 e. The molecule has 0 aliphatic rings. The molecule has 0 rings (SSSR count). The summed E-state index contributed by atoms with van der Waals surface area (Å²) in [5, 5.41) is 55.9. The van der Waals surface area contributed by atoms with E-state index in [4.69, 9.17) is 0 Å². The van der Waals surface area contributed by atoms with Crippen molar-refractivity contribution in [3.63, 3.8) is 0 Å². The third kappa shape index (κ3) is 27.7. The van der Waals surface area contributed by atoms with Crippen molar-refractivity contribution in [3.05, 3.63) is 0 Å². The summed E-state index contributed by atoms with van der Waals surface area (Å²) in [6.07, 6.45) is 35.5. The standard InChI is InChI=1S/C54H102O9/c1-4-7-10-13-16-19-22-25-28-31-34-37-40-43-47(56)51(60)53(62,49(58)44-41-38-35-32-29-26-23-20-17-14-11-8-5-2)54(63,52(61)48(57)46-55)50(59)45-42-39-36-33-30-27-24-21-18-15-12-9-6-3/h48,52,55,57,61-63H,4-46H2,1-3H3/t48-,52-,53+,54+/m1/s1. The number of aliphatic hydroxyl groups is 5. The summed E-state index contributed by atoms with van der Waals surface area (Å²) in [4.78, 5) is 55.6. The number of rotatable bonds is 50. The van der Waals surface area contributed by atoms with Gasteiger partial charge < -0.3 is 25.5 Å². The average Bonchev–Trinajstić information content (AvgIpc) is 3.29. The van der Waals surface area contributed by atoms with Crippen LogP contribution in [0.3, 0.4) is 0 Å². The van der Waals surface area contributed by atoms with Crippen molar-refractivity contribution < 1.29 is 44.7 Å². The molecule has 0 fully saturated rings. The highest BCUT2D eigenvalue weighted by Gasteiger charge is 2.68. The first kappa shape index (κ1) is 61.5. The fourth-order valence-electron chi connectivity index (χ4n) is 9.07. The lowest BCUT2D eigenvalue weighted by molar-refractivity contribution is -0.218. The molecule has 0 saturated carbocycles. The lowest BCUT2D eigenvalue weighted by Crippen LogP contribution is -2.75. The van der Waals surface area contributed by atoms with E-state index in [1.807, 2.05) is 0 Å². The number of ketones is 4. The molecule has 372 valence electrons. The lowest BCUT2D eigenvalue weighted by atomic mass is 9.66. The summed E-state index contributed by atoms with van der Waals surface area (Å²) in [6.45, 7) is 5.55. The SMILES string of the molecule is CCCCCCCCCCCCCCCC(=O)C(=O)[C@@](O)(C(=O)CCCCCCCCCCCCCCC)[C@](O)(C(=O)CCCCCCCCCCCCCCC)[C@H](O)[C@H](O)CO. The predicted octanol–water partition coefficient (Wildman–Crippen LogP) is 12.9. The van der Waals surface area contributed by atoms with Gasteiger partial charge in [-0.3, -0.25) is 19.2 Å². The van der Waals surface area contributed by atoms with Crippen LogP contribution in [0, 0.1) is 0 Å². The summed E-state index contributed by atoms with van der Waals surface area (Å²) in [5.41, 5.74) is -7.14. The second kappa shape index (κ2) is 41.9. The second-order valence-electron chi connectivity index (χ2n) is 19.2. The number of Topliss-reactive ketones (excluding diaryl/α,β-unsaturated/α-hetero) is 4. The van der Waals surface area contributed by atoms with E-state index < -0.39 is 66.0 Å². The van der Waals surface area contributed by atoms with E-state index in [0.29, 0.717) is 25.7 Å². The minimum atomic E-state index is -3.61. The van der Waals surface area contributed by atoms with Gasteiger partial charge in [0.2, 0.25) is 17.2 Å². The Morgan fingerprint density at radius 1 is 0.365 bits per heavy atom. The molecule has 0 spiro atoms. The zero-order valence-corrected chi connectivity index (χ0v) is 41.4. The van der Waals surface area contributed by atoms with Gasteiger partial charge in [0, 0.05) is 19.3 Å². The molecule has 0 aromatic rings. The van der Waals surface area contributed by atoms with Crippen LogP contribution in [0.4, 0.5) is 0 Å². The summed E-state index contributed by atoms with van der Waals surface area (Å²) in [5.74, 6) is -5.16. The van der Waals surface area contributed by atoms with Gasteiger partial charge in [0.05, 0.1) is 6.61 Å². The van der Waals surface area contributed by atoms with Crippen LogP contribution < -0.4 is 0 Å². The fourth-order valence-corrected chi connectivity index (χ4v) is 9.07. The van der Waals surface area contributed by atoms with Gasteiger partial charge in [-0.05, 0) is 19.3 Å². The van der Waals surface area contributed by atoms with Crippen molar-refractivity contribution in [1.29, 1.82) is 0 Å². The maximum Gasteiger partial charge on any atom is 0.241 e. The summed E-state index contributed by atoms with van der Waals surface area (Å²) in [6, 6.07) is 0. The third-order valence-corrected chi connectivity index (χ3v) is 13.5. The molecule has 0 saturated heterocycles. The number of hydrogen-bond acceptors (Lipinski definition) is 9. The van der Waals surface area contributed by atoms with Crippen LogP contribution in [0.25, 0.3) is 0 Å². The van der Waals surface area contributed by atoms with Crippen LogP contribution in [-0.2, 0) is 19.2 Å². The van der Waals surface area contributed by atoms with E-state index >= 15 is 0 Å². The molecule has 4 atom stereocenters. The summed E-state index contributed by atoms with van der Waals surface area (Å²) >= 11 is 0. The number of hydrogen-bond donors (Lipinski definition) is 5. The highest BCUT2D eigenvalue weighted by atomic mass is 16.4. The van der Waals surface area contributed by atoms with E-state index in [0.717, 1.165) is 77.0 Å². The molecule has 9 heteroatoms. The van der Waals surface area contributed by atoms with Gasteiger partial charge in [-0.1, -0.05) is 252 Å². The molecule has 0 aliphatic heterocycles. The Kier molecular flexibility index (Phi) is 40.9. The van der Waals surface area contributed by atoms with E-state index in [9.17, 15) is 44.7 Å². The lowest BCUT2D eigenvalue weighted by Gasteiger charge is -2.43. The molecular weight excluding hydrogens is 793 g/mol. The highest BCUT2D eigenvalue weighted by molar-refractivity contribution is 6.46. The van der Waals surface area contributed by atoms with E-state index in [2.05, 4.69) is 20.8 Å². The minimum Gasteiger partial charge on any atom is -0.394 e. The zero-order chi connectivity index (χ0) is 46.9. The van der Waals surface area contributed by atoms with E-state index in [1.165, 1.54) is 135 Å². The Morgan fingerprint density at radius 3 is 0.873 bits per heavy atom. The topological polar surface area (TPSA) is 169 Å². The molecule has 0 aliphatic carbocycles. The molecule has 5 N–H and O–H groups in total. The molecule has 0 radical (unpaired) electrons. The van der Waals surface area contributed by atoms with Crippen molar-refractivity contribution in [2.45, 2.75) is 314 Å². The van der Waals surface area contributed by atoms with Gasteiger partial charge in [0.15, 0.2) is 17.2 Å². The van der Waals surface area contributed by atoms with E-state index in [-0.39, 0.29) is 19.3 Å². The van der Waals surface area contributed by atoms with Crippen LogP contribution in [-0.4, -0.2) is 78.7 Å². The monoisotopic (exact) mass is 895 g/mol. The van der Waals surface area contributed by atoms with E-state index in [1.54, 1.807) is 0 Å². The first-order chi connectivity index (χ1) is 30.5. The summed E-state index contributed by atoms with van der Waals surface area (Å²) in [7, 11) is 0. The normalized spacial score (nSPS) is 14.6. The first-order valence-corrected chi connectivity index (χ1v) is 27.1. The van der Waals surface area contributed by atoms with Crippen LogP contribution in [0.1, 0.15) is 290 Å². The van der Waals surface area contributed by atoms with Gasteiger partial charge in [-0.2, -0.15) is 0 Å². The molecule has 9 nitrogen and oxygen atoms in total. The molecule has 0 aromatic heterocycles. The Balaban J connectivity index is 5.55. The Hall–Kier alpha value is -1.52. The van der Waals surface area contributed by atoms with Crippen molar-refractivity contribution in [2.24, 2.45) is 0 Å². The molecule has 63 heavy (non-hydrogen) atoms. The van der Waals surface area contributed by atoms with Crippen molar-refractivity contribution in [2.75, 3.05) is 6.61 Å². The average molecular weight is 895 g/mol. The molecule has 0 aromatic carbocycles. The van der Waals surface area contributed by atoms with Crippen molar-refractivity contribution in [1.82, 2.24) is 0 Å². The number of carbonyl (C=O) groups is 4. The van der Waals surface area contributed by atoms with Gasteiger partial charge in [-0.15, -0.1) is 0 Å². The first-order valence-electron chi connectivity index (χ1n) is 27.1. The number of aliphatic hydroxyl groups excluding tert-OH is 3. The second-order valence-corrected chi connectivity index (χ2v) is 19.2. The van der Waals surface area contributed by atoms with Crippen LogP contribution in [0.2, 0.25) is 0 Å². The molecule has 0 amide bonds. The minimum absolute atomic E-state index is 0.251. The summed E-state index contributed by atoms with van der Waals surface area (Å²) < 4.78 is 0. The van der Waals surface area contributed by atoms with Crippen LogP contribution in [0.15, 0.2) is 0 Å².